The van der Waals surface area contributed by atoms with Crippen LogP contribution >= 0.6 is 0 Å². The summed E-state index contributed by atoms with van der Waals surface area (Å²) in [5.41, 5.74) is 0.684. The van der Waals surface area contributed by atoms with Crippen LogP contribution in [-0.4, -0.2) is 21.5 Å². The van der Waals surface area contributed by atoms with Gasteiger partial charge in [-0.05, 0) is 18.6 Å². The summed E-state index contributed by atoms with van der Waals surface area (Å²) < 4.78 is 26.7. The van der Waals surface area contributed by atoms with Crippen LogP contribution in [0.4, 0.5) is 5.69 Å². The van der Waals surface area contributed by atoms with Crippen LogP contribution in [0, 0.1) is 0 Å². The lowest BCUT2D eigenvalue weighted by atomic mass is 10.1. The molecule has 5 heteroatoms. The molecule has 0 saturated heterocycles. The van der Waals surface area contributed by atoms with Crippen LogP contribution in [0.1, 0.15) is 46.0 Å². The molecule has 0 heterocycles. The van der Waals surface area contributed by atoms with E-state index < -0.39 is 10.0 Å². The maximum absolute atomic E-state index is 12.1. The molecule has 0 fully saturated rings. The van der Waals surface area contributed by atoms with Crippen LogP contribution < -0.4 is 10.0 Å². The smallest absolute Gasteiger partial charge is 0.242 e. The van der Waals surface area contributed by atoms with Gasteiger partial charge in [-0.25, -0.2) is 13.1 Å². The van der Waals surface area contributed by atoms with Gasteiger partial charge in [0.05, 0.1) is 5.69 Å². The molecule has 1 aromatic rings. The summed E-state index contributed by atoms with van der Waals surface area (Å²) in [5.74, 6) is 0. The van der Waals surface area contributed by atoms with Crippen molar-refractivity contribution in [2.24, 2.45) is 0 Å². The van der Waals surface area contributed by atoms with Crippen LogP contribution in [0.15, 0.2) is 29.2 Å². The van der Waals surface area contributed by atoms with E-state index in [1.54, 1.807) is 19.1 Å². The standard InChI is InChI=1S/C15H26N2O2S/c1-3-5-6-7-10-13-16-14-11-8-9-12-15(14)20(18,19)17-4-2/h8-9,11-12,16-17H,3-7,10,13H2,1-2H3. The van der Waals surface area contributed by atoms with Crippen molar-refractivity contribution in [3.63, 3.8) is 0 Å². The lowest BCUT2D eigenvalue weighted by molar-refractivity contribution is 0.584. The van der Waals surface area contributed by atoms with Gasteiger partial charge in [0, 0.05) is 13.1 Å². The molecule has 0 aliphatic carbocycles. The largest absolute Gasteiger partial charge is 0.384 e. The highest BCUT2D eigenvalue weighted by molar-refractivity contribution is 7.89. The van der Waals surface area contributed by atoms with Gasteiger partial charge in [0.2, 0.25) is 10.0 Å². The van der Waals surface area contributed by atoms with Gasteiger partial charge in [-0.15, -0.1) is 0 Å². The van der Waals surface area contributed by atoms with Gasteiger partial charge in [-0.1, -0.05) is 51.7 Å². The molecule has 0 spiro atoms. The number of benzene rings is 1. The molecule has 0 aliphatic heterocycles. The molecular weight excluding hydrogens is 272 g/mol. The van der Waals surface area contributed by atoms with Crippen molar-refractivity contribution in [3.8, 4) is 0 Å². The van der Waals surface area contributed by atoms with E-state index >= 15 is 0 Å². The number of para-hydroxylation sites is 1. The van der Waals surface area contributed by atoms with Gasteiger partial charge >= 0.3 is 0 Å². The lowest BCUT2D eigenvalue weighted by Crippen LogP contribution is -2.24. The zero-order valence-corrected chi connectivity index (χ0v) is 13.3. The lowest BCUT2D eigenvalue weighted by Gasteiger charge is -2.12. The van der Waals surface area contributed by atoms with Crippen molar-refractivity contribution in [1.82, 2.24) is 4.72 Å². The quantitative estimate of drug-likeness (QED) is 0.651. The van der Waals surface area contributed by atoms with Gasteiger partial charge < -0.3 is 5.32 Å². The third-order valence-electron chi connectivity index (χ3n) is 3.11. The van der Waals surface area contributed by atoms with E-state index in [9.17, 15) is 8.42 Å². The molecule has 0 radical (unpaired) electrons. The second-order valence-corrected chi connectivity index (χ2v) is 6.57. The summed E-state index contributed by atoms with van der Waals surface area (Å²) in [5, 5.41) is 3.24. The molecule has 20 heavy (non-hydrogen) atoms. The molecule has 4 nitrogen and oxygen atoms in total. The Bertz CT molecular complexity index is 486. The minimum Gasteiger partial charge on any atom is -0.384 e. The van der Waals surface area contributed by atoms with Crippen molar-refractivity contribution < 1.29 is 8.42 Å². The molecule has 2 N–H and O–H groups in total. The van der Waals surface area contributed by atoms with E-state index in [-0.39, 0.29) is 0 Å². The van der Waals surface area contributed by atoms with Crippen LogP contribution in [0.25, 0.3) is 0 Å². The topological polar surface area (TPSA) is 58.2 Å². The number of nitrogens with one attached hydrogen (secondary N) is 2. The number of hydrogen-bond acceptors (Lipinski definition) is 3. The van der Waals surface area contributed by atoms with E-state index in [0.29, 0.717) is 17.1 Å². The van der Waals surface area contributed by atoms with E-state index in [1.807, 2.05) is 12.1 Å². The van der Waals surface area contributed by atoms with Crippen LogP contribution in [0.5, 0.6) is 0 Å². The summed E-state index contributed by atoms with van der Waals surface area (Å²) in [7, 11) is -3.40. The maximum Gasteiger partial charge on any atom is 0.242 e. The number of anilines is 1. The highest BCUT2D eigenvalue weighted by Crippen LogP contribution is 2.20. The molecule has 0 aliphatic rings. The molecule has 1 rings (SSSR count). The summed E-state index contributed by atoms with van der Waals surface area (Å²) in [6, 6.07) is 7.05. The van der Waals surface area contributed by atoms with Crippen LogP contribution in [0.2, 0.25) is 0 Å². The molecule has 114 valence electrons. The van der Waals surface area contributed by atoms with Crippen LogP contribution in [0.3, 0.4) is 0 Å². The van der Waals surface area contributed by atoms with Crippen molar-refractivity contribution in [3.05, 3.63) is 24.3 Å². The van der Waals surface area contributed by atoms with Gasteiger partial charge in [-0.3, -0.25) is 0 Å². The zero-order chi connectivity index (χ0) is 14.8. The van der Waals surface area contributed by atoms with E-state index in [0.717, 1.165) is 13.0 Å². The molecular formula is C15H26N2O2S. The molecule has 0 amide bonds. The Balaban J connectivity index is 2.58. The third kappa shape index (κ3) is 5.51. The Morgan fingerprint density at radius 3 is 2.40 bits per heavy atom. The number of unbranched alkanes of at least 4 members (excludes halogenated alkanes) is 4. The zero-order valence-electron chi connectivity index (χ0n) is 12.5. The first-order valence-corrected chi connectivity index (χ1v) is 8.92. The van der Waals surface area contributed by atoms with Gasteiger partial charge in [0.25, 0.3) is 0 Å². The highest BCUT2D eigenvalue weighted by atomic mass is 32.2. The minimum absolute atomic E-state index is 0.329. The van der Waals surface area contributed by atoms with Crippen LogP contribution in [-0.2, 0) is 10.0 Å². The number of sulfonamides is 1. The Kier molecular flexibility index (Phi) is 7.62. The summed E-state index contributed by atoms with van der Waals surface area (Å²) in [6.07, 6.45) is 6.00. The Morgan fingerprint density at radius 1 is 1.00 bits per heavy atom. The monoisotopic (exact) mass is 298 g/mol. The average molecular weight is 298 g/mol. The third-order valence-corrected chi connectivity index (χ3v) is 4.71. The molecule has 0 saturated carbocycles. The van der Waals surface area contributed by atoms with Crippen molar-refractivity contribution in [1.29, 1.82) is 0 Å². The Hall–Kier alpha value is -1.07. The number of hydrogen-bond donors (Lipinski definition) is 2. The second-order valence-electron chi connectivity index (χ2n) is 4.84. The first kappa shape index (κ1) is 17.0. The highest BCUT2D eigenvalue weighted by Gasteiger charge is 2.16. The normalized spacial score (nSPS) is 11.5. The minimum atomic E-state index is -3.40. The number of rotatable bonds is 10. The first-order chi connectivity index (χ1) is 9.61. The average Bonchev–Trinajstić information content (AvgIpc) is 2.43. The molecule has 0 atom stereocenters. The second kappa shape index (κ2) is 8.97. The van der Waals surface area contributed by atoms with Crippen molar-refractivity contribution in [2.75, 3.05) is 18.4 Å². The van der Waals surface area contributed by atoms with E-state index in [4.69, 9.17) is 0 Å². The maximum atomic E-state index is 12.1. The van der Waals surface area contributed by atoms with Crippen molar-refractivity contribution >= 4 is 15.7 Å². The fraction of sp³-hybridized carbons (Fsp3) is 0.600. The molecule has 0 unspecified atom stereocenters. The fourth-order valence-electron chi connectivity index (χ4n) is 2.07. The van der Waals surface area contributed by atoms with Crippen molar-refractivity contribution in [2.45, 2.75) is 50.8 Å². The van der Waals surface area contributed by atoms with Gasteiger partial charge in [0.1, 0.15) is 4.90 Å². The Morgan fingerprint density at radius 2 is 1.70 bits per heavy atom. The molecule has 0 bridgehead atoms. The summed E-state index contributed by atoms with van der Waals surface area (Å²) in [6.45, 7) is 5.18. The predicted octanol–water partition coefficient (Wildman–Crippen LogP) is 3.37. The van der Waals surface area contributed by atoms with Gasteiger partial charge in [0.15, 0.2) is 0 Å². The SMILES string of the molecule is CCCCCCCNc1ccccc1S(=O)(=O)NCC. The van der Waals surface area contributed by atoms with Gasteiger partial charge in [-0.2, -0.15) is 0 Å². The summed E-state index contributed by atoms with van der Waals surface area (Å²) >= 11 is 0. The van der Waals surface area contributed by atoms with E-state index in [2.05, 4.69) is 17.0 Å². The molecule has 0 aromatic heterocycles. The predicted molar refractivity (Wildman–Crippen MR) is 84.6 cm³/mol. The Labute approximate surface area is 123 Å². The fourth-order valence-corrected chi connectivity index (χ4v) is 3.29. The first-order valence-electron chi connectivity index (χ1n) is 7.44. The molecule has 1 aromatic carbocycles. The summed E-state index contributed by atoms with van der Waals surface area (Å²) in [4.78, 5) is 0.329. The van der Waals surface area contributed by atoms with E-state index in [1.165, 1.54) is 25.7 Å².